The zero-order chi connectivity index (χ0) is 21.7. The van der Waals surface area contributed by atoms with Crippen LogP contribution in [0, 0.1) is 11.6 Å². The highest BCUT2D eigenvalue weighted by atomic mass is 35.5. The molecule has 1 amide bonds. The van der Waals surface area contributed by atoms with Gasteiger partial charge in [0.25, 0.3) is 0 Å². The predicted molar refractivity (Wildman–Crippen MR) is 109 cm³/mol. The molecule has 9 heteroatoms. The molecule has 0 aliphatic carbocycles. The van der Waals surface area contributed by atoms with Crippen LogP contribution in [0.2, 0.25) is 5.02 Å². The Hall–Kier alpha value is -2.55. The molecule has 1 N–H and O–H groups in total. The summed E-state index contributed by atoms with van der Waals surface area (Å²) < 4.78 is 31.9. The van der Waals surface area contributed by atoms with E-state index < -0.39 is 29.6 Å². The van der Waals surface area contributed by atoms with Gasteiger partial charge in [-0.2, -0.15) is 0 Å². The van der Waals surface area contributed by atoms with Gasteiger partial charge in [0.1, 0.15) is 17.7 Å². The lowest BCUT2D eigenvalue weighted by molar-refractivity contribution is -0.148. The fraction of sp³-hybridized carbons (Fsp3) is 0.333. The number of carbonyl (C=O) groups is 2. The molecular weight excluding hydrogens is 416 g/mol. The molecule has 2 aromatic carbocycles. The maximum Gasteiger partial charge on any atom is 0.327 e. The standard InChI is InChI=1S/C21H22ClF2N3O3/c1-30-21(29)20(15-4-2-3-5-16(15)22)27-10-8-26(9-11-27)13-19(28)25-18-12-14(23)6-7-17(18)24/h2-7,12,20H,8-11,13H2,1H3,(H,25,28). The van der Waals surface area contributed by atoms with Gasteiger partial charge >= 0.3 is 5.97 Å². The molecule has 0 saturated carbocycles. The van der Waals surface area contributed by atoms with Crippen LogP contribution in [0.1, 0.15) is 11.6 Å². The number of hydrogen-bond acceptors (Lipinski definition) is 5. The van der Waals surface area contributed by atoms with Gasteiger partial charge in [-0.3, -0.25) is 14.6 Å². The quantitative estimate of drug-likeness (QED) is 0.704. The van der Waals surface area contributed by atoms with Crippen LogP contribution in [-0.4, -0.2) is 61.5 Å². The number of anilines is 1. The number of ether oxygens (including phenoxy) is 1. The molecule has 1 unspecified atom stereocenters. The maximum atomic E-state index is 13.7. The molecule has 0 aromatic heterocycles. The van der Waals surface area contributed by atoms with Gasteiger partial charge in [0.15, 0.2) is 0 Å². The van der Waals surface area contributed by atoms with Crippen molar-refractivity contribution in [3.8, 4) is 0 Å². The monoisotopic (exact) mass is 437 g/mol. The van der Waals surface area contributed by atoms with Crippen molar-refractivity contribution < 1.29 is 23.1 Å². The highest BCUT2D eigenvalue weighted by molar-refractivity contribution is 6.31. The molecule has 6 nitrogen and oxygen atoms in total. The summed E-state index contributed by atoms with van der Waals surface area (Å²) in [6, 6.07) is 9.36. The number of rotatable bonds is 6. The first-order valence-corrected chi connectivity index (χ1v) is 9.80. The number of amides is 1. The van der Waals surface area contributed by atoms with E-state index in [0.29, 0.717) is 36.8 Å². The number of halogens is 3. The summed E-state index contributed by atoms with van der Waals surface area (Å²) in [6.07, 6.45) is 0. The van der Waals surface area contributed by atoms with Crippen LogP contribution in [0.3, 0.4) is 0 Å². The van der Waals surface area contributed by atoms with Crippen LogP contribution in [0.5, 0.6) is 0 Å². The smallest absolute Gasteiger partial charge is 0.327 e. The SMILES string of the molecule is COC(=O)C(c1ccccc1Cl)N1CCN(CC(=O)Nc2cc(F)ccc2F)CC1. The molecule has 0 spiro atoms. The minimum Gasteiger partial charge on any atom is -0.468 e. The van der Waals surface area contributed by atoms with Crippen molar-refractivity contribution in [1.82, 2.24) is 9.80 Å². The predicted octanol–water partition coefficient (Wildman–Crippen LogP) is 3.09. The van der Waals surface area contributed by atoms with Crippen molar-refractivity contribution in [2.45, 2.75) is 6.04 Å². The number of nitrogens with zero attached hydrogens (tertiary/aromatic N) is 2. The summed E-state index contributed by atoms with van der Waals surface area (Å²) >= 11 is 6.28. The average Bonchev–Trinajstić information content (AvgIpc) is 2.73. The minimum atomic E-state index is -0.699. The highest BCUT2D eigenvalue weighted by Gasteiger charge is 2.32. The van der Waals surface area contributed by atoms with Gasteiger partial charge < -0.3 is 10.1 Å². The fourth-order valence-corrected chi connectivity index (χ4v) is 3.69. The largest absolute Gasteiger partial charge is 0.468 e. The van der Waals surface area contributed by atoms with Gasteiger partial charge in [-0.15, -0.1) is 0 Å². The van der Waals surface area contributed by atoms with Crippen molar-refractivity contribution in [3.05, 3.63) is 64.7 Å². The van der Waals surface area contributed by atoms with Gasteiger partial charge in [0.2, 0.25) is 5.91 Å². The minimum absolute atomic E-state index is 0.0266. The van der Waals surface area contributed by atoms with Crippen LogP contribution in [0.4, 0.5) is 14.5 Å². The normalized spacial score (nSPS) is 16.1. The molecule has 1 aliphatic rings. The van der Waals surface area contributed by atoms with Gasteiger partial charge in [0, 0.05) is 37.3 Å². The molecule has 160 valence electrons. The van der Waals surface area contributed by atoms with Crippen molar-refractivity contribution in [1.29, 1.82) is 0 Å². The Labute approximate surface area is 178 Å². The number of piperazine rings is 1. The lowest BCUT2D eigenvalue weighted by Gasteiger charge is -2.38. The highest BCUT2D eigenvalue weighted by Crippen LogP contribution is 2.29. The van der Waals surface area contributed by atoms with E-state index in [1.807, 2.05) is 15.9 Å². The number of hydrogen-bond donors (Lipinski definition) is 1. The van der Waals surface area contributed by atoms with Gasteiger partial charge in [-0.25, -0.2) is 13.6 Å². The Morgan fingerprint density at radius 2 is 1.83 bits per heavy atom. The van der Waals surface area contributed by atoms with Crippen molar-refractivity contribution >= 4 is 29.2 Å². The van der Waals surface area contributed by atoms with E-state index in [1.165, 1.54) is 7.11 Å². The number of methoxy groups -OCH3 is 1. The molecule has 2 aromatic rings. The lowest BCUT2D eigenvalue weighted by atomic mass is 10.0. The Balaban J connectivity index is 1.60. The average molecular weight is 438 g/mol. The third-order valence-electron chi connectivity index (χ3n) is 4.97. The van der Waals surface area contributed by atoms with E-state index in [9.17, 15) is 18.4 Å². The second kappa shape index (κ2) is 9.97. The zero-order valence-corrected chi connectivity index (χ0v) is 17.2. The van der Waals surface area contributed by atoms with Crippen LogP contribution in [-0.2, 0) is 14.3 Å². The van der Waals surface area contributed by atoms with E-state index in [1.54, 1.807) is 18.2 Å². The van der Waals surface area contributed by atoms with Crippen molar-refractivity contribution in [2.24, 2.45) is 0 Å². The molecule has 1 aliphatic heterocycles. The van der Waals surface area contributed by atoms with E-state index in [-0.39, 0.29) is 12.2 Å². The van der Waals surface area contributed by atoms with Crippen molar-refractivity contribution in [2.75, 3.05) is 45.2 Å². The van der Waals surface area contributed by atoms with Crippen LogP contribution in [0.15, 0.2) is 42.5 Å². The van der Waals surface area contributed by atoms with Gasteiger partial charge in [-0.05, 0) is 23.8 Å². The molecule has 1 fully saturated rings. The summed E-state index contributed by atoms with van der Waals surface area (Å²) in [5.74, 6) is -2.18. The summed E-state index contributed by atoms with van der Waals surface area (Å²) in [5, 5.41) is 2.87. The summed E-state index contributed by atoms with van der Waals surface area (Å²) in [7, 11) is 1.33. The Morgan fingerprint density at radius 3 is 2.50 bits per heavy atom. The Kier molecular flexibility index (Phi) is 7.36. The number of nitrogens with one attached hydrogen (secondary N) is 1. The van der Waals surface area contributed by atoms with E-state index in [0.717, 1.165) is 18.2 Å². The molecular formula is C21H22ClF2N3O3. The number of benzene rings is 2. The fourth-order valence-electron chi connectivity index (χ4n) is 3.45. The van der Waals surface area contributed by atoms with Crippen molar-refractivity contribution in [3.63, 3.8) is 0 Å². The Morgan fingerprint density at radius 1 is 1.13 bits per heavy atom. The maximum absolute atomic E-state index is 13.7. The third kappa shape index (κ3) is 5.33. The van der Waals surface area contributed by atoms with E-state index in [2.05, 4.69) is 5.32 Å². The van der Waals surface area contributed by atoms with Gasteiger partial charge in [-0.1, -0.05) is 29.8 Å². The summed E-state index contributed by atoms with van der Waals surface area (Å²) in [6.45, 7) is 2.06. The zero-order valence-electron chi connectivity index (χ0n) is 16.4. The summed E-state index contributed by atoms with van der Waals surface area (Å²) in [4.78, 5) is 28.5. The van der Waals surface area contributed by atoms with Crippen LogP contribution in [0.25, 0.3) is 0 Å². The number of carbonyl (C=O) groups excluding carboxylic acids is 2. The Bertz CT molecular complexity index is 920. The molecule has 30 heavy (non-hydrogen) atoms. The molecule has 1 atom stereocenters. The summed E-state index contributed by atoms with van der Waals surface area (Å²) in [5.41, 5.74) is 0.474. The molecule has 0 radical (unpaired) electrons. The second-order valence-electron chi connectivity index (χ2n) is 6.93. The van der Waals surface area contributed by atoms with Gasteiger partial charge in [0.05, 0.1) is 19.3 Å². The lowest BCUT2D eigenvalue weighted by Crippen LogP contribution is -2.51. The van der Waals surface area contributed by atoms with Crippen LogP contribution < -0.4 is 5.32 Å². The first-order valence-electron chi connectivity index (χ1n) is 9.42. The molecule has 3 rings (SSSR count). The topological polar surface area (TPSA) is 61.9 Å². The number of esters is 1. The first-order chi connectivity index (χ1) is 14.4. The van der Waals surface area contributed by atoms with E-state index in [4.69, 9.17) is 16.3 Å². The van der Waals surface area contributed by atoms with E-state index >= 15 is 0 Å². The molecule has 1 saturated heterocycles. The first kappa shape index (κ1) is 22.1. The van der Waals surface area contributed by atoms with Crippen LogP contribution >= 0.6 is 11.6 Å². The second-order valence-corrected chi connectivity index (χ2v) is 7.34. The molecule has 1 heterocycles. The molecule has 0 bridgehead atoms. The third-order valence-corrected chi connectivity index (χ3v) is 5.31.